The highest BCUT2D eigenvalue weighted by Gasteiger charge is 2.10. The first-order valence-electron chi connectivity index (χ1n) is 8.51. The summed E-state index contributed by atoms with van der Waals surface area (Å²) in [4.78, 5) is 0. The lowest BCUT2D eigenvalue weighted by Crippen LogP contribution is -1.99. The third-order valence-electron chi connectivity index (χ3n) is 4.20. The van der Waals surface area contributed by atoms with Crippen molar-refractivity contribution in [2.24, 2.45) is 0 Å². The molecule has 1 rings (SSSR count). The zero-order valence-corrected chi connectivity index (χ0v) is 13.7. The molecule has 1 aromatic carbocycles. The van der Waals surface area contributed by atoms with Crippen LogP contribution in [0.1, 0.15) is 81.9 Å². The number of rotatable bonds is 10. The molecular weight excluding hydrogens is 244 g/mol. The molecule has 0 spiro atoms. The maximum absolute atomic E-state index is 10.2. The largest absolute Gasteiger partial charge is 0.508 e. The first-order chi connectivity index (χ1) is 9.70. The Morgan fingerprint density at radius 1 is 0.750 bits per heavy atom. The number of unbranched alkanes of at least 4 members (excludes halogenated alkanes) is 6. The van der Waals surface area contributed by atoms with Crippen molar-refractivity contribution < 1.29 is 5.11 Å². The maximum Gasteiger partial charge on any atom is 0.119 e. The van der Waals surface area contributed by atoms with Crippen molar-refractivity contribution in [3.05, 3.63) is 28.8 Å². The van der Waals surface area contributed by atoms with Crippen molar-refractivity contribution in [1.82, 2.24) is 0 Å². The van der Waals surface area contributed by atoms with Crippen LogP contribution in [0.15, 0.2) is 12.1 Å². The molecule has 0 saturated heterocycles. The molecule has 0 fully saturated rings. The van der Waals surface area contributed by atoms with Crippen LogP contribution in [0.2, 0.25) is 0 Å². The number of phenolic OH excluding ortho intramolecular Hbond substituents is 1. The lowest BCUT2D eigenvalue weighted by molar-refractivity contribution is 0.464. The summed E-state index contributed by atoms with van der Waals surface area (Å²) in [5, 5.41) is 10.2. The fourth-order valence-corrected chi connectivity index (χ4v) is 2.86. The van der Waals surface area contributed by atoms with E-state index in [2.05, 4.69) is 26.8 Å². The molecule has 1 heteroatoms. The number of hydrogen-bond donors (Lipinski definition) is 1. The lowest BCUT2D eigenvalue weighted by atomic mass is 9.92. The summed E-state index contributed by atoms with van der Waals surface area (Å²) in [5.74, 6) is 0.510. The van der Waals surface area contributed by atoms with E-state index in [1.807, 2.05) is 6.07 Å². The van der Waals surface area contributed by atoms with Crippen LogP contribution in [0.5, 0.6) is 5.75 Å². The molecule has 1 aromatic rings. The van der Waals surface area contributed by atoms with Gasteiger partial charge < -0.3 is 5.11 Å². The van der Waals surface area contributed by atoms with E-state index in [1.54, 1.807) is 0 Å². The van der Waals surface area contributed by atoms with Gasteiger partial charge in [-0.3, -0.25) is 0 Å². The molecule has 0 saturated carbocycles. The fourth-order valence-electron chi connectivity index (χ4n) is 2.86. The molecular formula is C19H32O. The average molecular weight is 276 g/mol. The third kappa shape index (κ3) is 5.56. The van der Waals surface area contributed by atoms with Gasteiger partial charge in [0.05, 0.1) is 0 Å². The minimum Gasteiger partial charge on any atom is -0.508 e. The highest BCUT2D eigenvalue weighted by atomic mass is 16.3. The maximum atomic E-state index is 10.2. The Labute approximate surface area is 125 Å². The standard InChI is InChI=1S/C19H32O/c1-4-6-8-9-10-11-13-18-17(12-7-5-2)16(3)14-15-19(18)20/h14-15,20H,4-13H2,1-3H3. The zero-order chi connectivity index (χ0) is 14.8. The van der Waals surface area contributed by atoms with Gasteiger partial charge in [-0.15, -0.1) is 0 Å². The van der Waals surface area contributed by atoms with Gasteiger partial charge in [0.15, 0.2) is 0 Å². The van der Waals surface area contributed by atoms with Crippen molar-refractivity contribution >= 4 is 0 Å². The predicted octanol–water partition coefficient (Wildman–Crippen LogP) is 5.95. The second kappa shape index (κ2) is 9.85. The smallest absolute Gasteiger partial charge is 0.119 e. The zero-order valence-electron chi connectivity index (χ0n) is 13.7. The monoisotopic (exact) mass is 276 g/mol. The Kier molecular flexibility index (Phi) is 8.41. The van der Waals surface area contributed by atoms with Gasteiger partial charge in [0.25, 0.3) is 0 Å². The van der Waals surface area contributed by atoms with E-state index in [-0.39, 0.29) is 0 Å². The Bertz CT molecular complexity index is 382. The van der Waals surface area contributed by atoms with Gasteiger partial charge in [-0.2, -0.15) is 0 Å². The van der Waals surface area contributed by atoms with E-state index in [9.17, 15) is 5.11 Å². The molecule has 0 aliphatic rings. The van der Waals surface area contributed by atoms with E-state index in [1.165, 1.54) is 68.1 Å². The molecule has 114 valence electrons. The highest BCUT2D eigenvalue weighted by Crippen LogP contribution is 2.28. The van der Waals surface area contributed by atoms with Crippen molar-refractivity contribution in [1.29, 1.82) is 0 Å². The predicted molar refractivity (Wildman–Crippen MR) is 88.5 cm³/mol. The van der Waals surface area contributed by atoms with Gasteiger partial charge >= 0.3 is 0 Å². The van der Waals surface area contributed by atoms with E-state index in [4.69, 9.17) is 0 Å². The van der Waals surface area contributed by atoms with Crippen LogP contribution in [0.25, 0.3) is 0 Å². The number of benzene rings is 1. The Balaban J connectivity index is 2.56. The number of phenols is 1. The van der Waals surface area contributed by atoms with Gasteiger partial charge in [-0.1, -0.05) is 58.4 Å². The minimum atomic E-state index is 0.510. The van der Waals surface area contributed by atoms with Crippen LogP contribution in [0.4, 0.5) is 0 Å². The summed E-state index contributed by atoms with van der Waals surface area (Å²) in [7, 11) is 0. The van der Waals surface area contributed by atoms with Crippen LogP contribution < -0.4 is 0 Å². The topological polar surface area (TPSA) is 20.2 Å². The second-order valence-electron chi connectivity index (χ2n) is 5.98. The highest BCUT2D eigenvalue weighted by molar-refractivity contribution is 5.44. The van der Waals surface area contributed by atoms with Gasteiger partial charge in [0.2, 0.25) is 0 Å². The van der Waals surface area contributed by atoms with Crippen molar-refractivity contribution in [2.45, 2.75) is 85.0 Å². The van der Waals surface area contributed by atoms with Crippen LogP contribution in [0, 0.1) is 6.92 Å². The Morgan fingerprint density at radius 2 is 1.35 bits per heavy atom. The van der Waals surface area contributed by atoms with Crippen LogP contribution in [0.3, 0.4) is 0 Å². The molecule has 0 aliphatic carbocycles. The summed E-state index contributed by atoms with van der Waals surface area (Å²) in [6.45, 7) is 6.66. The molecule has 0 atom stereocenters. The molecule has 0 unspecified atom stereocenters. The summed E-state index contributed by atoms with van der Waals surface area (Å²) < 4.78 is 0. The van der Waals surface area contributed by atoms with Crippen molar-refractivity contribution in [3.8, 4) is 5.75 Å². The third-order valence-corrected chi connectivity index (χ3v) is 4.20. The Morgan fingerprint density at radius 3 is 2.05 bits per heavy atom. The average Bonchev–Trinajstić information content (AvgIpc) is 2.45. The van der Waals surface area contributed by atoms with E-state index in [0.717, 1.165) is 12.8 Å². The summed E-state index contributed by atoms with van der Waals surface area (Å²) in [6.07, 6.45) is 12.4. The van der Waals surface area contributed by atoms with Gasteiger partial charge in [0, 0.05) is 0 Å². The molecule has 0 radical (unpaired) electrons. The van der Waals surface area contributed by atoms with Gasteiger partial charge in [0.1, 0.15) is 5.75 Å². The first-order valence-corrected chi connectivity index (χ1v) is 8.51. The van der Waals surface area contributed by atoms with Crippen LogP contribution >= 0.6 is 0 Å². The van der Waals surface area contributed by atoms with E-state index >= 15 is 0 Å². The summed E-state index contributed by atoms with van der Waals surface area (Å²) in [6, 6.07) is 3.93. The SMILES string of the molecule is CCCCCCCCc1c(O)ccc(C)c1CCCC. The quantitative estimate of drug-likeness (QED) is 0.524. The first kappa shape index (κ1) is 17.1. The van der Waals surface area contributed by atoms with Gasteiger partial charge in [-0.25, -0.2) is 0 Å². The van der Waals surface area contributed by atoms with Gasteiger partial charge in [-0.05, 0) is 55.4 Å². The molecule has 1 nitrogen and oxygen atoms in total. The molecule has 0 heterocycles. The van der Waals surface area contributed by atoms with Crippen LogP contribution in [-0.2, 0) is 12.8 Å². The lowest BCUT2D eigenvalue weighted by Gasteiger charge is -2.14. The van der Waals surface area contributed by atoms with Crippen molar-refractivity contribution in [3.63, 3.8) is 0 Å². The number of aromatic hydroxyl groups is 1. The number of aryl methyl sites for hydroxylation is 1. The Hall–Kier alpha value is -0.980. The molecule has 20 heavy (non-hydrogen) atoms. The number of hydrogen-bond acceptors (Lipinski definition) is 1. The summed E-state index contributed by atoms with van der Waals surface area (Å²) >= 11 is 0. The molecule has 0 amide bonds. The minimum absolute atomic E-state index is 0.510. The molecule has 0 aliphatic heterocycles. The normalized spacial score (nSPS) is 10.9. The summed E-state index contributed by atoms with van der Waals surface area (Å²) in [5.41, 5.74) is 3.96. The second-order valence-corrected chi connectivity index (χ2v) is 5.98. The van der Waals surface area contributed by atoms with E-state index < -0.39 is 0 Å². The fraction of sp³-hybridized carbons (Fsp3) is 0.684. The van der Waals surface area contributed by atoms with Crippen molar-refractivity contribution in [2.75, 3.05) is 0 Å². The molecule has 0 bridgehead atoms. The van der Waals surface area contributed by atoms with Crippen LogP contribution in [-0.4, -0.2) is 5.11 Å². The molecule has 1 N–H and O–H groups in total. The molecule has 0 aromatic heterocycles. The van der Waals surface area contributed by atoms with E-state index in [0.29, 0.717) is 5.75 Å².